The van der Waals surface area contributed by atoms with E-state index in [0.717, 1.165) is 38.5 Å². The van der Waals surface area contributed by atoms with Gasteiger partial charge >= 0.3 is 0 Å². The van der Waals surface area contributed by atoms with Crippen molar-refractivity contribution in [3.05, 3.63) is 96.1 Å². The molecule has 0 spiro atoms. The minimum atomic E-state index is -0.280. The van der Waals surface area contributed by atoms with E-state index in [9.17, 15) is 9.59 Å². The number of hydrogen-bond donors (Lipinski definition) is 2. The Bertz CT molecular complexity index is 1190. The standard InChI is InChI=1S/C30H34N4O3/c1-2-37-26-16-14-25(15-17-26)31-30(36)27-12-6-7-13-28(27)32-29(35)23-34-21-19-33(20-22-34)18-8-11-24-9-4-3-5-10-24/h3-17H,2,18-23H2,1H3,(H,31,36)(H,32,35)/b11-8+. The maximum Gasteiger partial charge on any atom is 0.257 e. The number of para-hydroxylation sites is 1. The molecule has 0 bridgehead atoms. The average molecular weight is 499 g/mol. The van der Waals surface area contributed by atoms with Gasteiger partial charge in [0.25, 0.3) is 5.91 Å². The van der Waals surface area contributed by atoms with Crippen LogP contribution in [0.3, 0.4) is 0 Å². The summed E-state index contributed by atoms with van der Waals surface area (Å²) in [4.78, 5) is 30.2. The summed E-state index contributed by atoms with van der Waals surface area (Å²) in [6.45, 7) is 7.17. The number of nitrogens with one attached hydrogen (secondary N) is 2. The highest BCUT2D eigenvalue weighted by Gasteiger charge is 2.19. The van der Waals surface area contributed by atoms with Crippen LogP contribution >= 0.6 is 0 Å². The van der Waals surface area contributed by atoms with Gasteiger partial charge in [-0.25, -0.2) is 0 Å². The van der Waals surface area contributed by atoms with Crippen LogP contribution in [0.25, 0.3) is 6.08 Å². The van der Waals surface area contributed by atoms with Crippen LogP contribution in [0.5, 0.6) is 5.75 Å². The van der Waals surface area contributed by atoms with E-state index in [-0.39, 0.29) is 11.8 Å². The zero-order valence-corrected chi connectivity index (χ0v) is 21.2. The highest BCUT2D eigenvalue weighted by atomic mass is 16.5. The highest BCUT2D eigenvalue weighted by Crippen LogP contribution is 2.20. The number of rotatable bonds is 10. The Morgan fingerprint density at radius 1 is 0.838 bits per heavy atom. The second-order valence-electron chi connectivity index (χ2n) is 8.90. The van der Waals surface area contributed by atoms with Gasteiger partial charge < -0.3 is 15.4 Å². The Kier molecular flexibility index (Phi) is 9.46. The van der Waals surface area contributed by atoms with E-state index in [0.29, 0.717) is 30.1 Å². The van der Waals surface area contributed by atoms with Gasteiger partial charge in [-0.15, -0.1) is 0 Å². The molecule has 1 heterocycles. The molecule has 4 rings (SSSR count). The van der Waals surface area contributed by atoms with Crippen LogP contribution < -0.4 is 15.4 Å². The molecule has 192 valence electrons. The molecule has 7 heteroatoms. The number of benzene rings is 3. The Morgan fingerprint density at radius 3 is 2.24 bits per heavy atom. The summed E-state index contributed by atoms with van der Waals surface area (Å²) in [5.41, 5.74) is 2.78. The summed E-state index contributed by atoms with van der Waals surface area (Å²) in [5.74, 6) is 0.341. The van der Waals surface area contributed by atoms with E-state index in [1.54, 1.807) is 30.3 Å². The normalized spacial score (nSPS) is 14.4. The lowest BCUT2D eigenvalue weighted by Crippen LogP contribution is -2.48. The molecule has 0 aliphatic carbocycles. The SMILES string of the molecule is CCOc1ccc(NC(=O)c2ccccc2NC(=O)CN2CCN(C/C=C/c3ccccc3)CC2)cc1. The van der Waals surface area contributed by atoms with Crippen molar-refractivity contribution in [2.45, 2.75) is 6.92 Å². The van der Waals surface area contributed by atoms with Gasteiger partial charge in [0.1, 0.15) is 5.75 Å². The molecule has 2 N–H and O–H groups in total. The van der Waals surface area contributed by atoms with E-state index in [2.05, 4.69) is 44.7 Å². The summed E-state index contributed by atoms with van der Waals surface area (Å²) < 4.78 is 5.45. The van der Waals surface area contributed by atoms with Crippen LogP contribution in [0.15, 0.2) is 84.9 Å². The minimum Gasteiger partial charge on any atom is -0.494 e. The lowest BCUT2D eigenvalue weighted by atomic mass is 10.1. The minimum absolute atomic E-state index is 0.126. The van der Waals surface area contributed by atoms with Crippen LogP contribution in [-0.2, 0) is 4.79 Å². The molecule has 0 unspecified atom stereocenters. The van der Waals surface area contributed by atoms with Gasteiger partial charge in [0.2, 0.25) is 5.91 Å². The lowest BCUT2D eigenvalue weighted by Gasteiger charge is -2.33. The molecule has 37 heavy (non-hydrogen) atoms. The van der Waals surface area contributed by atoms with E-state index < -0.39 is 0 Å². The second-order valence-corrected chi connectivity index (χ2v) is 8.90. The number of carbonyl (C=O) groups excluding carboxylic acids is 2. The highest BCUT2D eigenvalue weighted by molar-refractivity contribution is 6.10. The van der Waals surface area contributed by atoms with E-state index in [1.807, 2.05) is 43.3 Å². The van der Waals surface area contributed by atoms with Crippen molar-refractivity contribution in [2.24, 2.45) is 0 Å². The molecule has 1 saturated heterocycles. The summed E-state index contributed by atoms with van der Waals surface area (Å²) in [5, 5.41) is 5.82. The van der Waals surface area contributed by atoms with Gasteiger partial charge in [0.15, 0.2) is 0 Å². The van der Waals surface area contributed by atoms with Crippen LogP contribution in [0.4, 0.5) is 11.4 Å². The Balaban J connectivity index is 1.25. The topological polar surface area (TPSA) is 73.9 Å². The van der Waals surface area contributed by atoms with Crippen molar-refractivity contribution in [1.82, 2.24) is 9.80 Å². The number of anilines is 2. The van der Waals surface area contributed by atoms with Gasteiger partial charge in [-0.05, 0) is 48.9 Å². The van der Waals surface area contributed by atoms with Crippen LogP contribution in [-0.4, -0.2) is 67.5 Å². The van der Waals surface area contributed by atoms with Gasteiger partial charge in [0, 0.05) is 38.4 Å². The number of ether oxygens (including phenoxy) is 1. The molecule has 1 aliphatic heterocycles. The molecule has 3 aromatic rings. The zero-order chi connectivity index (χ0) is 25.9. The van der Waals surface area contributed by atoms with Crippen molar-refractivity contribution in [2.75, 3.05) is 56.5 Å². The number of hydrogen-bond acceptors (Lipinski definition) is 5. The van der Waals surface area contributed by atoms with Crippen molar-refractivity contribution in [3.8, 4) is 5.75 Å². The summed E-state index contributed by atoms with van der Waals surface area (Å²) in [6, 6.07) is 24.5. The summed E-state index contributed by atoms with van der Waals surface area (Å²) in [7, 11) is 0. The molecule has 7 nitrogen and oxygen atoms in total. The number of carbonyl (C=O) groups is 2. The molecule has 1 aliphatic rings. The zero-order valence-electron chi connectivity index (χ0n) is 21.2. The third-order valence-corrected chi connectivity index (χ3v) is 6.17. The smallest absolute Gasteiger partial charge is 0.257 e. The predicted molar refractivity (Wildman–Crippen MR) is 149 cm³/mol. The van der Waals surface area contributed by atoms with Gasteiger partial charge in [-0.2, -0.15) is 0 Å². The van der Waals surface area contributed by atoms with Crippen molar-refractivity contribution >= 4 is 29.3 Å². The average Bonchev–Trinajstić information content (AvgIpc) is 2.92. The van der Waals surface area contributed by atoms with Crippen LogP contribution in [0.2, 0.25) is 0 Å². The fourth-order valence-electron chi connectivity index (χ4n) is 4.21. The van der Waals surface area contributed by atoms with Crippen molar-refractivity contribution < 1.29 is 14.3 Å². The molecule has 1 fully saturated rings. The number of piperazine rings is 1. The van der Waals surface area contributed by atoms with Gasteiger partial charge in [0.05, 0.1) is 24.4 Å². The molecule has 0 saturated carbocycles. The van der Waals surface area contributed by atoms with E-state index in [4.69, 9.17) is 4.74 Å². The lowest BCUT2D eigenvalue weighted by molar-refractivity contribution is -0.117. The first-order valence-electron chi connectivity index (χ1n) is 12.7. The molecule has 0 aromatic heterocycles. The predicted octanol–water partition coefficient (Wildman–Crippen LogP) is 4.61. The first-order valence-corrected chi connectivity index (χ1v) is 12.7. The van der Waals surface area contributed by atoms with Gasteiger partial charge in [-0.3, -0.25) is 19.4 Å². The van der Waals surface area contributed by atoms with Gasteiger partial charge in [-0.1, -0.05) is 54.6 Å². The Hall–Kier alpha value is -3.94. The Labute approximate surface area is 218 Å². The fourth-order valence-corrected chi connectivity index (χ4v) is 4.21. The number of amides is 2. The number of nitrogens with zero attached hydrogens (tertiary/aromatic N) is 2. The summed E-state index contributed by atoms with van der Waals surface area (Å²) in [6.07, 6.45) is 4.33. The van der Waals surface area contributed by atoms with Crippen LogP contribution in [0.1, 0.15) is 22.8 Å². The fraction of sp³-hybridized carbons (Fsp3) is 0.267. The quantitative estimate of drug-likeness (QED) is 0.427. The maximum absolute atomic E-state index is 12.9. The molecule has 0 atom stereocenters. The Morgan fingerprint density at radius 2 is 1.51 bits per heavy atom. The first kappa shape index (κ1) is 26.1. The molecule has 0 radical (unpaired) electrons. The third kappa shape index (κ3) is 8.03. The monoisotopic (exact) mass is 498 g/mol. The van der Waals surface area contributed by atoms with Crippen molar-refractivity contribution in [1.29, 1.82) is 0 Å². The maximum atomic E-state index is 12.9. The molecular weight excluding hydrogens is 464 g/mol. The molecule has 2 amide bonds. The van der Waals surface area contributed by atoms with Crippen molar-refractivity contribution in [3.63, 3.8) is 0 Å². The molecule has 3 aromatic carbocycles. The molecular formula is C30H34N4O3. The summed E-state index contributed by atoms with van der Waals surface area (Å²) >= 11 is 0. The largest absolute Gasteiger partial charge is 0.494 e. The van der Waals surface area contributed by atoms with E-state index >= 15 is 0 Å². The van der Waals surface area contributed by atoms with Crippen LogP contribution in [0, 0.1) is 0 Å². The first-order chi connectivity index (χ1) is 18.1. The second kappa shape index (κ2) is 13.4. The third-order valence-electron chi connectivity index (χ3n) is 6.17. The van der Waals surface area contributed by atoms with E-state index in [1.165, 1.54) is 5.56 Å².